The number of nitrogens with one attached hydrogen (secondary N) is 1. The molecule has 6 heteroatoms. The van der Waals surface area contributed by atoms with Crippen LogP contribution >= 0.6 is 11.3 Å². The van der Waals surface area contributed by atoms with Gasteiger partial charge in [0.05, 0.1) is 12.2 Å². The van der Waals surface area contributed by atoms with E-state index in [4.69, 9.17) is 0 Å². The summed E-state index contributed by atoms with van der Waals surface area (Å²) in [7, 11) is 0. The Kier molecular flexibility index (Phi) is 6.78. The highest BCUT2D eigenvalue weighted by Gasteiger charge is 2.27. The first-order chi connectivity index (χ1) is 11.4. The van der Waals surface area contributed by atoms with E-state index in [9.17, 15) is 9.59 Å². The minimum atomic E-state index is -0.159. The van der Waals surface area contributed by atoms with E-state index in [-0.39, 0.29) is 24.3 Å². The number of aryl methyl sites for hydroxylation is 2. The van der Waals surface area contributed by atoms with Crippen LogP contribution in [0.2, 0.25) is 0 Å². The van der Waals surface area contributed by atoms with Crippen molar-refractivity contribution in [1.82, 2.24) is 9.88 Å². The van der Waals surface area contributed by atoms with E-state index in [0.717, 1.165) is 36.3 Å². The molecule has 1 aromatic rings. The summed E-state index contributed by atoms with van der Waals surface area (Å²) >= 11 is 1.47. The summed E-state index contributed by atoms with van der Waals surface area (Å²) in [5, 5.41) is 3.46. The van der Waals surface area contributed by atoms with Crippen LogP contribution in [0.4, 0.5) is 5.13 Å². The molecule has 0 radical (unpaired) electrons. The molecule has 1 heterocycles. The number of amides is 2. The molecule has 1 aliphatic carbocycles. The van der Waals surface area contributed by atoms with E-state index in [1.54, 1.807) is 4.90 Å². The predicted octanol–water partition coefficient (Wildman–Crippen LogP) is 3.76. The molecule has 0 atom stereocenters. The third kappa shape index (κ3) is 5.30. The molecule has 0 aliphatic heterocycles. The van der Waals surface area contributed by atoms with Crippen LogP contribution < -0.4 is 5.32 Å². The highest BCUT2D eigenvalue weighted by molar-refractivity contribution is 7.15. The summed E-state index contributed by atoms with van der Waals surface area (Å²) < 4.78 is 0. The van der Waals surface area contributed by atoms with Gasteiger partial charge in [-0.1, -0.05) is 33.1 Å². The van der Waals surface area contributed by atoms with Gasteiger partial charge in [-0.15, -0.1) is 11.3 Å². The number of hydrogen-bond acceptors (Lipinski definition) is 4. The first-order valence-electron chi connectivity index (χ1n) is 8.89. The van der Waals surface area contributed by atoms with Crippen molar-refractivity contribution in [1.29, 1.82) is 0 Å². The Balaban J connectivity index is 1.98. The lowest BCUT2D eigenvalue weighted by molar-refractivity contribution is -0.139. The molecular formula is C18H29N3O2S. The van der Waals surface area contributed by atoms with Gasteiger partial charge < -0.3 is 10.2 Å². The Morgan fingerprint density at radius 1 is 1.25 bits per heavy atom. The van der Waals surface area contributed by atoms with Crippen molar-refractivity contribution in [3.63, 3.8) is 0 Å². The summed E-state index contributed by atoms with van der Waals surface area (Å²) in [5.74, 6) is 0.419. The van der Waals surface area contributed by atoms with Gasteiger partial charge in [-0.3, -0.25) is 9.59 Å². The maximum Gasteiger partial charge on any atom is 0.245 e. The van der Waals surface area contributed by atoms with Crippen LogP contribution in [0.15, 0.2) is 0 Å². The number of nitrogens with zero attached hydrogens (tertiary/aromatic N) is 2. The number of carbonyl (C=O) groups excluding carboxylic acids is 2. The molecule has 0 bridgehead atoms. The van der Waals surface area contributed by atoms with Crippen molar-refractivity contribution >= 4 is 28.3 Å². The molecule has 0 unspecified atom stereocenters. The quantitative estimate of drug-likeness (QED) is 0.849. The zero-order valence-electron chi connectivity index (χ0n) is 15.2. The van der Waals surface area contributed by atoms with E-state index in [0.29, 0.717) is 17.6 Å². The van der Waals surface area contributed by atoms with E-state index in [1.165, 1.54) is 17.8 Å². The molecule has 134 valence electrons. The summed E-state index contributed by atoms with van der Waals surface area (Å²) in [5.41, 5.74) is 0.938. The fourth-order valence-corrected chi connectivity index (χ4v) is 3.97. The Labute approximate surface area is 148 Å². The maximum atomic E-state index is 12.8. The Bertz CT molecular complexity index is 557. The number of carbonyl (C=O) groups is 2. The number of thiazole rings is 1. The Morgan fingerprint density at radius 2 is 1.92 bits per heavy atom. The Hall–Kier alpha value is -1.43. The Morgan fingerprint density at radius 3 is 2.46 bits per heavy atom. The normalized spacial score (nSPS) is 15.5. The minimum Gasteiger partial charge on any atom is -0.333 e. The van der Waals surface area contributed by atoms with Crippen molar-refractivity contribution in [2.24, 2.45) is 11.8 Å². The van der Waals surface area contributed by atoms with Gasteiger partial charge in [0, 0.05) is 17.3 Å². The van der Waals surface area contributed by atoms with Gasteiger partial charge in [-0.2, -0.15) is 0 Å². The van der Waals surface area contributed by atoms with Gasteiger partial charge in [0.15, 0.2) is 5.13 Å². The first-order valence-corrected chi connectivity index (χ1v) is 9.71. The zero-order chi connectivity index (χ0) is 17.7. The molecule has 0 spiro atoms. The van der Waals surface area contributed by atoms with Gasteiger partial charge in [-0.05, 0) is 32.6 Å². The zero-order valence-corrected chi connectivity index (χ0v) is 16.0. The van der Waals surface area contributed by atoms with Gasteiger partial charge in [0.2, 0.25) is 11.8 Å². The van der Waals surface area contributed by atoms with E-state index in [1.807, 2.05) is 13.8 Å². The van der Waals surface area contributed by atoms with Gasteiger partial charge >= 0.3 is 0 Å². The van der Waals surface area contributed by atoms with Crippen molar-refractivity contribution in [2.45, 2.75) is 59.8 Å². The lowest BCUT2D eigenvalue weighted by atomic mass is 9.88. The smallest absolute Gasteiger partial charge is 0.245 e. The molecule has 0 saturated heterocycles. The molecular weight excluding hydrogens is 322 g/mol. The summed E-state index contributed by atoms with van der Waals surface area (Å²) in [6.07, 6.45) is 5.38. The third-order valence-electron chi connectivity index (χ3n) is 4.46. The predicted molar refractivity (Wildman–Crippen MR) is 98.2 cm³/mol. The summed E-state index contributed by atoms with van der Waals surface area (Å²) in [6.45, 7) is 8.81. The molecule has 24 heavy (non-hydrogen) atoms. The molecule has 1 aromatic heterocycles. The first kappa shape index (κ1) is 18.9. The number of hydrogen-bond donors (Lipinski definition) is 1. The lowest BCUT2D eigenvalue weighted by Gasteiger charge is -2.30. The highest BCUT2D eigenvalue weighted by Crippen LogP contribution is 2.26. The third-order valence-corrected chi connectivity index (χ3v) is 5.45. The molecule has 1 fully saturated rings. The van der Waals surface area contributed by atoms with Crippen LogP contribution in [0.3, 0.4) is 0 Å². The monoisotopic (exact) mass is 351 g/mol. The minimum absolute atomic E-state index is 0.0923. The van der Waals surface area contributed by atoms with Crippen LogP contribution in [0, 0.1) is 25.7 Å². The standard InChI is InChI=1S/C18H29N3O2S/c1-12(2)10-21(17(23)15-8-6-5-7-9-15)11-16(22)20-18-19-13(3)14(4)24-18/h12,15H,5-11H2,1-4H3,(H,19,20,22). The lowest BCUT2D eigenvalue weighted by Crippen LogP contribution is -2.43. The van der Waals surface area contributed by atoms with Crippen LogP contribution in [0.1, 0.15) is 56.5 Å². The number of aromatic nitrogens is 1. The molecule has 5 nitrogen and oxygen atoms in total. The van der Waals surface area contributed by atoms with Crippen LogP contribution in [-0.2, 0) is 9.59 Å². The second-order valence-electron chi connectivity index (χ2n) is 7.16. The van der Waals surface area contributed by atoms with Gasteiger partial charge in [-0.25, -0.2) is 4.98 Å². The molecule has 1 N–H and O–H groups in total. The van der Waals surface area contributed by atoms with E-state index in [2.05, 4.69) is 24.1 Å². The largest absolute Gasteiger partial charge is 0.333 e. The molecule has 1 aliphatic rings. The van der Waals surface area contributed by atoms with Crippen LogP contribution in [0.25, 0.3) is 0 Å². The second kappa shape index (κ2) is 8.60. The fourth-order valence-electron chi connectivity index (χ4n) is 3.14. The van der Waals surface area contributed by atoms with Crippen molar-refractivity contribution in [3.05, 3.63) is 10.6 Å². The van der Waals surface area contributed by atoms with E-state index >= 15 is 0 Å². The average Bonchev–Trinajstić information content (AvgIpc) is 2.84. The SMILES string of the molecule is Cc1nc(NC(=O)CN(CC(C)C)C(=O)C2CCCCC2)sc1C. The molecule has 2 rings (SSSR count). The molecule has 2 amide bonds. The summed E-state index contributed by atoms with van der Waals surface area (Å²) in [4.78, 5) is 32.4. The summed E-state index contributed by atoms with van der Waals surface area (Å²) in [6, 6.07) is 0. The van der Waals surface area contributed by atoms with E-state index < -0.39 is 0 Å². The molecule has 0 aromatic carbocycles. The number of anilines is 1. The molecule has 1 saturated carbocycles. The van der Waals surface area contributed by atoms with Gasteiger partial charge in [0.1, 0.15) is 0 Å². The highest BCUT2D eigenvalue weighted by atomic mass is 32.1. The topological polar surface area (TPSA) is 62.3 Å². The fraction of sp³-hybridized carbons (Fsp3) is 0.722. The van der Waals surface area contributed by atoms with Crippen LogP contribution in [0.5, 0.6) is 0 Å². The maximum absolute atomic E-state index is 12.8. The second-order valence-corrected chi connectivity index (χ2v) is 8.36. The van der Waals surface area contributed by atoms with Gasteiger partial charge in [0.25, 0.3) is 0 Å². The van der Waals surface area contributed by atoms with Crippen molar-refractivity contribution in [3.8, 4) is 0 Å². The van der Waals surface area contributed by atoms with Crippen molar-refractivity contribution < 1.29 is 9.59 Å². The van der Waals surface area contributed by atoms with Crippen LogP contribution in [-0.4, -0.2) is 34.8 Å². The number of rotatable bonds is 6. The van der Waals surface area contributed by atoms with Crippen molar-refractivity contribution in [2.75, 3.05) is 18.4 Å². The average molecular weight is 352 g/mol.